The standard InChI is InChI=1S/C19H28O/c1-20-13-19-11-4-7-18(19)17-9-8-14-5-2-3-6-15(14)16(17)10-12-19/h2-3,16-18H,4-13H2,1H3/t16-,17-,18+,19+/m1/s1. The molecule has 0 aliphatic heterocycles. The van der Waals surface area contributed by atoms with E-state index < -0.39 is 0 Å². The molecule has 4 atom stereocenters. The lowest BCUT2D eigenvalue weighted by Crippen LogP contribution is -2.44. The summed E-state index contributed by atoms with van der Waals surface area (Å²) >= 11 is 0. The quantitative estimate of drug-likeness (QED) is 0.651. The van der Waals surface area contributed by atoms with Crippen LogP contribution in [-0.4, -0.2) is 13.7 Å². The molecule has 2 fully saturated rings. The molecule has 4 aliphatic carbocycles. The summed E-state index contributed by atoms with van der Waals surface area (Å²) in [5, 5.41) is 0. The highest BCUT2D eigenvalue weighted by atomic mass is 16.5. The van der Waals surface area contributed by atoms with Crippen molar-refractivity contribution in [1.29, 1.82) is 0 Å². The average Bonchev–Trinajstić information content (AvgIpc) is 2.91. The lowest BCUT2D eigenvalue weighted by molar-refractivity contribution is -0.0291. The van der Waals surface area contributed by atoms with E-state index in [1.165, 1.54) is 57.8 Å². The highest BCUT2D eigenvalue weighted by Crippen LogP contribution is 2.61. The van der Waals surface area contributed by atoms with Crippen LogP contribution in [0.2, 0.25) is 0 Å². The number of rotatable bonds is 2. The normalized spacial score (nSPS) is 43.1. The predicted molar refractivity (Wildman–Crippen MR) is 82.5 cm³/mol. The summed E-state index contributed by atoms with van der Waals surface area (Å²) in [4.78, 5) is 0. The first-order valence-electron chi connectivity index (χ1n) is 8.69. The van der Waals surface area contributed by atoms with Gasteiger partial charge in [-0.15, -0.1) is 0 Å². The summed E-state index contributed by atoms with van der Waals surface area (Å²) in [6, 6.07) is 0. The van der Waals surface area contributed by atoms with Crippen molar-refractivity contribution >= 4 is 0 Å². The smallest absolute Gasteiger partial charge is 0.0521 e. The van der Waals surface area contributed by atoms with Gasteiger partial charge in [-0.05, 0) is 74.5 Å². The second kappa shape index (κ2) is 5.02. The molecule has 110 valence electrons. The Hall–Kier alpha value is -0.560. The fourth-order valence-corrected chi connectivity index (χ4v) is 6.18. The van der Waals surface area contributed by atoms with Gasteiger partial charge in [0.05, 0.1) is 6.61 Å². The van der Waals surface area contributed by atoms with Crippen LogP contribution < -0.4 is 0 Å². The lowest BCUT2D eigenvalue weighted by atomic mass is 9.54. The van der Waals surface area contributed by atoms with E-state index in [2.05, 4.69) is 12.2 Å². The Labute approximate surface area is 123 Å². The lowest BCUT2D eigenvalue weighted by Gasteiger charge is -2.51. The van der Waals surface area contributed by atoms with E-state index in [0.717, 1.165) is 24.4 Å². The molecule has 0 N–H and O–H groups in total. The number of hydrogen-bond acceptors (Lipinski definition) is 1. The molecular weight excluding hydrogens is 244 g/mol. The second-order valence-corrected chi connectivity index (χ2v) is 7.65. The Morgan fingerprint density at radius 1 is 1.15 bits per heavy atom. The van der Waals surface area contributed by atoms with Crippen LogP contribution in [0.1, 0.15) is 57.8 Å². The largest absolute Gasteiger partial charge is 0.384 e. The van der Waals surface area contributed by atoms with Crippen molar-refractivity contribution < 1.29 is 4.74 Å². The van der Waals surface area contributed by atoms with E-state index in [0.29, 0.717) is 5.41 Å². The van der Waals surface area contributed by atoms with Crippen molar-refractivity contribution in [1.82, 2.24) is 0 Å². The van der Waals surface area contributed by atoms with Crippen LogP contribution in [0, 0.1) is 23.2 Å². The maximum absolute atomic E-state index is 5.65. The number of hydrogen-bond donors (Lipinski definition) is 0. The highest BCUT2D eigenvalue weighted by Gasteiger charge is 2.52. The number of ether oxygens (including phenoxy) is 1. The topological polar surface area (TPSA) is 9.23 Å². The minimum atomic E-state index is 0.554. The number of fused-ring (bicyclic) bond motifs is 4. The molecule has 0 bridgehead atoms. The molecule has 0 aromatic heterocycles. The maximum atomic E-state index is 5.65. The van der Waals surface area contributed by atoms with Crippen molar-refractivity contribution in [2.75, 3.05) is 13.7 Å². The summed E-state index contributed by atoms with van der Waals surface area (Å²) < 4.78 is 5.65. The zero-order valence-electron chi connectivity index (χ0n) is 12.9. The number of allylic oxidation sites excluding steroid dienone is 4. The van der Waals surface area contributed by atoms with Gasteiger partial charge in [-0.1, -0.05) is 29.7 Å². The molecule has 1 nitrogen and oxygen atoms in total. The van der Waals surface area contributed by atoms with Crippen LogP contribution in [0.3, 0.4) is 0 Å². The van der Waals surface area contributed by atoms with E-state index in [-0.39, 0.29) is 0 Å². The van der Waals surface area contributed by atoms with Gasteiger partial charge >= 0.3 is 0 Å². The van der Waals surface area contributed by atoms with Gasteiger partial charge in [0, 0.05) is 7.11 Å². The Kier molecular flexibility index (Phi) is 3.29. The third-order valence-corrected chi connectivity index (χ3v) is 6.94. The van der Waals surface area contributed by atoms with Gasteiger partial charge in [-0.3, -0.25) is 0 Å². The third-order valence-electron chi connectivity index (χ3n) is 6.94. The minimum absolute atomic E-state index is 0.554. The summed E-state index contributed by atoms with van der Waals surface area (Å²) in [6.45, 7) is 1.02. The van der Waals surface area contributed by atoms with Crippen molar-refractivity contribution in [2.24, 2.45) is 23.2 Å². The average molecular weight is 272 g/mol. The zero-order valence-corrected chi connectivity index (χ0v) is 12.9. The highest BCUT2D eigenvalue weighted by molar-refractivity contribution is 5.30. The molecule has 0 aromatic carbocycles. The van der Waals surface area contributed by atoms with Gasteiger partial charge in [0.2, 0.25) is 0 Å². The van der Waals surface area contributed by atoms with Crippen molar-refractivity contribution in [3.8, 4) is 0 Å². The first kappa shape index (κ1) is 13.1. The summed E-state index contributed by atoms with van der Waals surface area (Å²) in [5.41, 5.74) is 4.23. The predicted octanol–water partition coefficient (Wildman–Crippen LogP) is 4.89. The summed E-state index contributed by atoms with van der Waals surface area (Å²) in [6.07, 6.45) is 17.4. The van der Waals surface area contributed by atoms with Gasteiger partial charge < -0.3 is 4.74 Å². The molecule has 4 rings (SSSR count). The van der Waals surface area contributed by atoms with Crippen molar-refractivity contribution in [3.63, 3.8) is 0 Å². The van der Waals surface area contributed by atoms with Crippen LogP contribution in [-0.2, 0) is 4.74 Å². The first-order chi connectivity index (χ1) is 9.84. The molecule has 0 amide bonds. The minimum Gasteiger partial charge on any atom is -0.384 e. The van der Waals surface area contributed by atoms with E-state index in [9.17, 15) is 0 Å². The Balaban J connectivity index is 1.63. The molecule has 4 aliphatic rings. The molecule has 0 spiro atoms. The zero-order chi connectivity index (χ0) is 13.6. The van der Waals surface area contributed by atoms with Crippen LogP contribution in [0.5, 0.6) is 0 Å². The Morgan fingerprint density at radius 3 is 2.95 bits per heavy atom. The van der Waals surface area contributed by atoms with Crippen molar-refractivity contribution in [2.45, 2.75) is 57.8 Å². The summed E-state index contributed by atoms with van der Waals surface area (Å²) in [5.74, 6) is 2.87. The molecule has 0 unspecified atom stereocenters. The van der Waals surface area contributed by atoms with Gasteiger partial charge in [-0.25, -0.2) is 0 Å². The fraction of sp³-hybridized carbons (Fsp3) is 0.789. The number of methoxy groups -OCH3 is 1. The van der Waals surface area contributed by atoms with E-state index in [4.69, 9.17) is 4.74 Å². The fourth-order valence-electron chi connectivity index (χ4n) is 6.18. The van der Waals surface area contributed by atoms with Crippen molar-refractivity contribution in [3.05, 3.63) is 23.3 Å². The Bertz CT molecular complexity index is 447. The van der Waals surface area contributed by atoms with Crippen LogP contribution in [0.25, 0.3) is 0 Å². The maximum Gasteiger partial charge on any atom is 0.0521 e. The van der Waals surface area contributed by atoms with Crippen LogP contribution in [0.15, 0.2) is 23.3 Å². The second-order valence-electron chi connectivity index (χ2n) is 7.65. The molecule has 2 saturated carbocycles. The third kappa shape index (κ3) is 1.85. The van der Waals surface area contributed by atoms with Gasteiger partial charge in [0.1, 0.15) is 0 Å². The first-order valence-corrected chi connectivity index (χ1v) is 8.69. The SMILES string of the molecule is COC[C@@]12CCC[C@H]1[C@@H]1CCC3=C(CC=CC3)[C@H]1CC2. The van der Waals surface area contributed by atoms with Gasteiger partial charge in [0.25, 0.3) is 0 Å². The van der Waals surface area contributed by atoms with E-state index in [1.807, 2.05) is 18.3 Å². The molecule has 0 aromatic rings. The van der Waals surface area contributed by atoms with E-state index >= 15 is 0 Å². The van der Waals surface area contributed by atoms with Crippen LogP contribution in [0.4, 0.5) is 0 Å². The molecule has 20 heavy (non-hydrogen) atoms. The molecular formula is C19H28O. The molecule has 0 saturated heterocycles. The Morgan fingerprint density at radius 2 is 2.05 bits per heavy atom. The van der Waals surface area contributed by atoms with Gasteiger partial charge in [0.15, 0.2) is 0 Å². The molecule has 0 radical (unpaired) electrons. The monoisotopic (exact) mass is 272 g/mol. The van der Waals surface area contributed by atoms with Crippen LogP contribution >= 0.6 is 0 Å². The summed E-state index contributed by atoms with van der Waals surface area (Å²) in [7, 11) is 1.91. The van der Waals surface area contributed by atoms with E-state index in [1.54, 1.807) is 0 Å². The molecule has 0 heterocycles. The van der Waals surface area contributed by atoms with Gasteiger partial charge in [-0.2, -0.15) is 0 Å². The molecule has 1 heteroatoms.